The van der Waals surface area contributed by atoms with Crippen molar-refractivity contribution in [3.8, 4) is 16.9 Å². The molecule has 0 spiro atoms. The Morgan fingerprint density at radius 3 is 2.00 bits per heavy atom. The van der Waals surface area contributed by atoms with Crippen molar-refractivity contribution in [1.29, 1.82) is 0 Å². The Morgan fingerprint density at radius 2 is 1.31 bits per heavy atom. The molecule has 0 aliphatic carbocycles. The lowest BCUT2D eigenvalue weighted by Gasteiger charge is -2.14. The molecule has 0 radical (unpaired) electrons. The number of rotatable bonds is 12. The molecule has 0 aliphatic rings. The second-order valence-corrected chi connectivity index (χ2v) is 7.41. The molecular formula is C22H31O3P. The van der Waals surface area contributed by atoms with Crippen LogP contribution in [0.3, 0.4) is 0 Å². The Bertz CT molecular complexity index is 643. The second kappa shape index (κ2) is 12.1. The first-order valence-electron chi connectivity index (χ1n) is 9.75. The number of benzene rings is 2. The molecule has 0 bridgehead atoms. The molecule has 0 heterocycles. The van der Waals surface area contributed by atoms with Gasteiger partial charge in [-0.2, -0.15) is 0 Å². The van der Waals surface area contributed by atoms with E-state index in [9.17, 15) is 9.79 Å². The van der Waals surface area contributed by atoms with Gasteiger partial charge < -0.3 is 14.3 Å². The quantitative estimate of drug-likeness (QED) is 0.324. The summed E-state index contributed by atoms with van der Waals surface area (Å²) in [4.78, 5) is 18.4. The first-order valence-corrected chi connectivity index (χ1v) is 10.9. The van der Waals surface area contributed by atoms with Gasteiger partial charge in [0.1, 0.15) is 5.75 Å². The highest BCUT2D eigenvalue weighted by molar-refractivity contribution is 7.39. The fourth-order valence-electron chi connectivity index (χ4n) is 3.31. The van der Waals surface area contributed by atoms with Gasteiger partial charge in [0, 0.05) is 5.56 Å². The summed E-state index contributed by atoms with van der Waals surface area (Å²) in [5.74, 6) is 0.520. The van der Waals surface area contributed by atoms with E-state index in [1.54, 1.807) is 6.07 Å². The molecule has 2 aromatic rings. The third kappa shape index (κ3) is 7.07. The normalized spacial score (nSPS) is 11.1. The van der Waals surface area contributed by atoms with Crippen molar-refractivity contribution >= 4 is 8.60 Å². The van der Waals surface area contributed by atoms with E-state index in [1.807, 2.05) is 24.3 Å². The molecule has 4 heteroatoms. The monoisotopic (exact) mass is 374 g/mol. The van der Waals surface area contributed by atoms with Gasteiger partial charge in [-0.05, 0) is 30.0 Å². The van der Waals surface area contributed by atoms with Crippen LogP contribution in [0.15, 0.2) is 48.5 Å². The number of unbranched alkanes of at least 4 members (excludes halogenated alkanes) is 7. The molecule has 26 heavy (non-hydrogen) atoms. The summed E-state index contributed by atoms with van der Waals surface area (Å²) in [7, 11) is -2.42. The Labute approximate surface area is 159 Å². The summed E-state index contributed by atoms with van der Waals surface area (Å²) in [6, 6.07) is 15.9. The van der Waals surface area contributed by atoms with Crippen LogP contribution in [0.4, 0.5) is 0 Å². The minimum Gasteiger partial charge on any atom is -0.426 e. The smallest absolute Gasteiger partial charge is 0.391 e. The van der Waals surface area contributed by atoms with Crippen LogP contribution in [0.5, 0.6) is 5.75 Å². The van der Waals surface area contributed by atoms with E-state index in [0.717, 1.165) is 17.5 Å². The third-order valence-electron chi connectivity index (χ3n) is 4.67. The van der Waals surface area contributed by atoms with Crippen LogP contribution >= 0.6 is 8.60 Å². The molecule has 0 saturated heterocycles. The molecule has 2 rings (SSSR count). The zero-order valence-corrected chi connectivity index (χ0v) is 16.6. The van der Waals surface area contributed by atoms with Crippen molar-refractivity contribution in [3.05, 3.63) is 54.1 Å². The van der Waals surface area contributed by atoms with Crippen molar-refractivity contribution in [2.24, 2.45) is 0 Å². The van der Waals surface area contributed by atoms with Crippen molar-refractivity contribution in [2.75, 3.05) is 0 Å². The van der Waals surface area contributed by atoms with E-state index >= 15 is 0 Å². The number of hydrogen-bond donors (Lipinski definition) is 2. The van der Waals surface area contributed by atoms with Gasteiger partial charge in [0.05, 0.1) is 0 Å². The average molecular weight is 374 g/mol. The van der Waals surface area contributed by atoms with Crippen LogP contribution in [0, 0.1) is 0 Å². The summed E-state index contributed by atoms with van der Waals surface area (Å²) in [5.41, 5.74) is 3.32. The average Bonchev–Trinajstić information content (AvgIpc) is 2.64. The van der Waals surface area contributed by atoms with Crippen molar-refractivity contribution in [2.45, 2.75) is 64.7 Å². The molecule has 0 saturated carbocycles. The lowest BCUT2D eigenvalue weighted by Crippen LogP contribution is -1.94. The van der Waals surface area contributed by atoms with Crippen LogP contribution in [-0.4, -0.2) is 9.79 Å². The molecule has 3 nitrogen and oxygen atoms in total. The zero-order chi connectivity index (χ0) is 18.6. The maximum Gasteiger partial charge on any atom is 0.391 e. The van der Waals surface area contributed by atoms with Crippen molar-refractivity contribution in [3.63, 3.8) is 0 Å². The minimum absolute atomic E-state index is 0.520. The summed E-state index contributed by atoms with van der Waals surface area (Å²) >= 11 is 0. The van der Waals surface area contributed by atoms with Crippen molar-refractivity contribution in [1.82, 2.24) is 0 Å². The molecule has 0 aliphatic heterocycles. The van der Waals surface area contributed by atoms with Gasteiger partial charge in [-0.15, -0.1) is 0 Å². The van der Waals surface area contributed by atoms with Gasteiger partial charge in [0.15, 0.2) is 0 Å². The molecule has 0 unspecified atom stereocenters. The second-order valence-electron chi connectivity index (χ2n) is 6.72. The highest BCUT2D eigenvalue weighted by Gasteiger charge is 2.12. The Kier molecular flexibility index (Phi) is 9.70. The van der Waals surface area contributed by atoms with Crippen molar-refractivity contribution < 1.29 is 14.3 Å². The van der Waals surface area contributed by atoms with E-state index in [0.29, 0.717) is 5.75 Å². The number of para-hydroxylation sites is 1. The summed E-state index contributed by atoms with van der Waals surface area (Å²) in [6.45, 7) is 2.25. The number of hydrogen-bond acceptors (Lipinski definition) is 3. The minimum atomic E-state index is -2.42. The zero-order valence-electron chi connectivity index (χ0n) is 15.7. The standard InChI is InChI=1S/C22H31O3P/c1-2-3-4-5-6-7-8-9-14-19-15-10-11-16-20(19)21-17-12-13-18-22(21)25-26(23)24/h10-13,15-18,23-24H,2-9,14H2,1H3. The van der Waals surface area contributed by atoms with Gasteiger partial charge in [-0.25, -0.2) is 0 Å². The van der Waals surface area contributed by atoms with Gasteiger partial charge in [0.2, 0.25) is 0 Å². The van der Waals surface area contributed by atoms with E-state index < -0.39 is 8.60 Å². The molecule has 0 amide bonds. The Balaban J connectivity index is 1.94. The van der Waals surface area contributed by atoms with E-state index in [-0.39, 0.29) is 0 Å². The maximum absolute atomic E-state index is 9.22. The lowest BCUT2D eigenvalue weighted by atomic mass is 9.95. The lowest BCUT2D eigenvalue weighted by molar-refractivity contribution is 0.375. The molecule has 0 aromatic heterocycles. The highest BCUT2D eigenvalue weighted by Crippen LogP contribution is 2.38. The van der Waals surface area contributed by atoms with Gasteiger partial charge in [0.25, 0.3) is 0 Å². The molecular weight excluding hydrogens is 343 g/mol. The highest BCUT2D eigenvalue weighted by atomic mass is 31.2. The first kappa shape index (κ1) is 20.9. The van der Waals surface area contributed by atoms with Crippen LogP contribution in [0.25, 0.3) is 11.1 Å². The van der Waals surface area contributed by atoms with Crippen LogP contribution in [-0.2, 0) is 6.42 Å². The third-order valence-corrected chi connectivity index (χ3v) is 5.03. The fourth-order valence-corrected chi connectivity index (χ4v) is 3.64. The van der Waals surface area contributed by atoms with Crippen LogP contribution in [0.2, 0.25) is 0 Å². The molecule has 2 aromatic carbocycles. The Morgan fingerprint density at radius 1 is 0.731 bits per heavy atom. The SMILES string of the molecule is CCCCCCCCCCc1ccccc1-c1ccccc1OP(O)O. The Hall–Kier alpha value is -1.41. The summed E-state index contributed by atoms with van der Waals surface area (Å²) in [5, 5.41) is 0. The van der Waals surface area contributed by atoms with E-state index in [4.69, 9.17) is 4.52 Å². The largest absolute Gasteiger partial charge is 0.426 e. The molecule has 0 atom stereocenters. The predicted octanol–water partition coefficient (Wildman–Crippen LogP) is 6.63. The molecule has 0 fully saturated rings. The molecule has 2 N–H and O–H groups in total. The van der Waals surface area contributed by atoms with Crippen LogP contribution < -0.4 is 4.52 Å². The fraction of sp³-hybridized carbons (Fsp3) is 0.455. The maximum atomic E-state index is 9.22. The van der Waals surface area contributed by atoms with E-state index in [1.165, 1.54) is 56.9 Å². The summed E-state index contributed by atoms with van der Waals surface area (Å²) in [6.07, 6.45) is 11.5. The van der Waals surface area contributed by atoms with Gasteiger partial charge in [-0.3, -0.25) is 0 Å². The summed E-state index contributed by atoms with van der Waals surface area (Å²) < 4.78 is 5.22. The van der Waals surface area contributed by atoms with Crippen LogP contribution in [0.1, 0.15) is 63.9 Å². The molecule has 142 valence electrons. The van der Waals surface area contributed by atoms with Gasteiger partial charge in [-0.1, -0.05) is 94.3 Å². The number of aryl methyl sites for hydroxylation is 1. The predicted molar refractivity (Wildman–Crippen MR) is 110 cm³/mol. The van der Waals surface area contributed by atoms with E-state index in [2.05, 4.69) is 25.1 Å². The first-order chi connectivity index (χ1) is 12.7. The van der Waals surface area contributed by atoms with Gasteiger partial charge >= 0.3 is 8.60 Å². The topological polar surface area (TPSA) is 49.7 Å².